The van der Waals surface area contributed by atoms with E-state index in [1.54, 1.807) is 10.9 Å². The molecule has 0 unspecified atom stereocenters. The third-order valence-corrected chi connectivity index (χ3v) is 4.85. The molecule has 0 spiro atoms. The lowest BCUT2D eigenvalue weighted by Gasteiger charge is -2.08. The number of anilines is 1. The van der Waals surface area contributed by atoms with Crippen molar-refractivity contribution in [2.24, 2.45) is 0 Å². The second-order valence-corrected chi connectivity index (χ2v) is 6.75. The number of fused-ring (bicyclic) bond motifs is 2. The summed E-state index contributed by atoms with van der Waals surface area (Å²) in [6.07, 6.45) is 1.61. The van der Waals surface area contributed by atoms with Crippen molar-refractivity contribution in [2.75, 3.05) is 5.73 Å². The Morgan fingerprint density at radius 2 is 1.68 bits per heavy atom. The largest absolute Gasteiger partial charge is 0.369 e. The van der Waals surface area contributed by atoms with Gasteiger partial charge in [0.1, 0.15) is 0 Å². The Morgan fingerprint density at radius 3 is 2.50 bits per heavy atom. The molecule has 6 heteroatoms. The summed E-state index contributed by atoms with van der Waals surface area (Å²) in [6, 6.07) is 21.5. The second-order valence-electron chi connectivity index (χ2n) is 6.75. The Balaban J connectivity index is 1.60. The van der Waals surface area contributed by atoms with Crippen LogP contribution >= 0.6 is 0 Å². The molecule has 0 aliphatic carbocycles. The van der Waals surface area contributed by atoms with Crippen molar-refractivity contribution in [1.82, 2.24) is 19.5 Å². The molecule has 28 heavy (non-hydrogen) atoms. The van der Waals surface area contributed by atoms with Crippen LogP contribution in [0.15, 0.2) is 77.9 Å². The molecule has 2 aromatic heterocycles. The minimum Gasteiger partial charge on any atom is -0.369 e. The lowest BCUT2D eigenvalue weighted by atomic mass is 10.0. The highest BCUT2D eigenvalue weighted by Crippen LogP contribution is 2.25. The molecule has 0 atom stereocenters. The number of hydrogen-bond donors (Lipinski definition) is 2. The van der Waals surface area contributed by atoms with Gasteiger partial charge in [0, 0.05) is 0 Å². The maximum absolute atomic E-state index is 13.0. The van der Waals surface area contributed by atoms with Gasteiger partial charge in [-0.3, -0.25) is 9.36 Å². The summed E-state index contributed by atoms with van der Waals surface area (Å²) >= 11 is 0. The molecular weight excluding hydrogens is 350 g/mol. The Hall–Kier alpha value is -3.93. The Kier molecular flexibility index (Phi) is 3.69. The van der Waals surface area contributed by atoms with Crippen molar-refractivity contribution in [3.05, 3.63) is 89.0 Å². The van der Waals surface area contributed by atoms with Gasteiger partial charge in [-0.15, -0.1) is 0 Å². The zero-order valence-electron chi connectivity index (χ0n) is 15.0. The van der Waals surface area contributed by atoms with Gasteiger partial charge >= 0.3 is 0 Å². The van der Waals surface area contributed by atoms with Crippen molar-refractivity contribution in [2.45, 2.75) is 6.54 Å². The summed E-state index contributed by atoms with van der Waals surface area (Å²) in [5, 5.41) is 0.597. The SMILES string of the molecule is Nc1nc2ccc(-c3ccc4ncn(Cc5ccccc5)c(=O)c4c3)cc2[nH]1. The topological polar surface area (TPSA) is 89.6 Å². The quantitative estimate of drug-likeness (QED) is 0.510. The van der Waals surface area contributed by atoms with Crippen molar-refractivity contribution in [3.63, 3.8) is 0 Å². The molecular formula is C22H17N5O. The third-order valence-electron chi connectivity index (χ3n) is 4.85. The summed E-state index contributed by atoms with van der Waals surface area (Å²) in [5.74, 6) is 0.388. The Bertz CT molecular complexity index is 1370. The minimum absolute atomic E-state index is 0.0532. The second kappa shape index (κ2) is 6.35. The van der Waals surface area contributed by atoms with Gasteiger partial charge in [0.25, 0.3) is 5.56 Å². The van der Waals surface area contributed by atoms with Crippen LogP contribution in [-0.2, 0) is 6.54 Å². The molecule has 0 bridgehead atoms. The first-order valence-corrected chi connectivity index (χ1v) is 8.96. The highest BCUT2D eigenvalue weighted by atomic mass is 16.1. The van der Waals surface area contributed by atoms with Crippen molar-refractivity contribution in [1.29, 1.82) is 0 Å². The van der Waals surface area contributed by atoms with Crippen LogP contribution in [0.5, 0.6) is 0 Å². The summed E-state index contributed by atoms with van der Waals surface area (Å²) in [5.41, 5.74) is 11.0. The van der Waals surface area contributed by atoms with E-state index in [1.807, 2.05) is 66.7 Å². The van der Waals surface area contributed by atoms with Crippen LogP contribution in [0.2, 0.25) is 0 Å². The summed E-state index contributed by atoms with van der Waals surface area (Å²) in [6.45, 7) is 0.492. The van der Waals surface area contributed by atoms with Crippen LogP contribution in [0.25, 0.3) is 33.1 Å². The molecule has 0 saturated carbocycles. The van der Waals surface area contributed by atoms with Crippen LogP contribution in [0.4, 0.5) is 5.95 Å². The fourth-order valence-electron chi connectivity index (χ4n) is 3.44. The highest BCUT2D eigenvalue weighted by molar-refractivity contribution is 5.87. The maximum Gasteiger partial charge on any atom is 0.261 e. The van der Waals surface area contributed by atoms with E-state index < -0.39 is 0 Å². The van der Waals surface area contributed by atoms with Gasteiger partial charge in [0.15, 0.2) is 5.95 Å². The monoisotopic (exact) mass is 367 g/mol. The number of nitrogen functional groups attached to an aromatic ring is 1. The highest BCUT2D eigenvalue weighted by Gasteiger charge is 2.08. The van der Waals surface area contributed by atoms with Crippen molar-refractivity contribution >= 4 is 27.9 Å². The molecule has 136 valence electrons. The van der Waals surface area contributed by atoms with Gasteiger partial charge in [-0.2, -0.15) is 0 Å². The maximum atomic E-state index is 13.0. The number of hydrogen-bond acceptors (Lipinski definition) is 4. The smallest absolute Gasteiger partial charge is 0.261 e. The molecule has 5 rings (SSSR count). The molecule has 0 radical (unpaired) electrons. The van der Waals surface area contributed by atoms with E-state index in [4.69, 9.17) is 5.73 Å². The van der Waals surface area contributed by atoms with E-state index in [0.717, 1.165) is 27.7 Å². The number of imidazole rings is 1. The summed E-state index contributed by atoms with van der Waals surface area (Å²) in [4.78, 5) is 24.7. The van der Waals surface area contributed by atoms with Gasteiger partial charge in [0.05, 0.1) is 34.8 Å². The molecule has 0 aliphatic heterocycles. The lowest BCUT2D eigenvalue weighted by Crippen LogP contribution is -2.21. The van der Waals surface area contributed by atoms with Crippen LogP contribution in [0.1, 0.15) is 5.56 Å². The third kappa shape index (κ3) is 2.81. The van der Waals surface area contributed by atoms with Crippen molar-refractivity contribution in [3.8, 4) is 11.1 Å². The number of nitrogens with two attached hydrogens (primary N) is 1. The lowest BCUT2D eigenvalue weighted by molar-refractivity contribution is 0.748. The predicted octanol–water partition coefficient (Wildman–Crippen LogP) is 3.57. The average molecular weight is 367 g/mol. The van der Waals surface area contributed by atoms with E-state index in [-0.39, 0.29) is 5.56 Å². The summed E-state index contributed by atoms with van der Waals surface area (Å²) < 4.78 is 1.64. The van der Waals surface area contributed by atoms with Gasteiger partial charge in [-0.05, 0) is 41.0 Å². The number of rotatable bonds is 3. The molecule has 0 amide bonds. The fraction of sp³-hybridized carbons (Fsp3) is 0.0455. The van der Waals surface area contributed by atoms with E-state index in [1.165, 1.54) is 0 Å². The van der Waals surface area contributed by atoms with E-state index in [9.17, 15) is 4.79 Å². The normalized spacial score (nSPS) is 11.3. The fourth-order valence-corrected chi connectivity index (χ4v) is 3.44. The number of nitrogens with zero attached hydrogens (tertiary/aromatic N) is 3. The molecule has 0 aliphatic rings. The zero-order chi connectivity index (χ0) is 19.1. The number of aromatic nitrogens is 4. The average Bonchev–Trinajstić information content (AvgIpc) is 3.10. The summed E-state index contributed by atoms with van der Waals surface area (Å²) in [7, 11) is 0. The van der Waals surface area contributed by atoms with Gasteiger partial charge in [-0.25, -0.2) is 9.97 Å². The number of nitrogens with one attached hydrogen (secondary N) is 1. The minimum atomic E-state index is -0.0532. The van der Waals surface area contributed by atoms with E-state index >= 15 is 0 Å². The first-order valence-electron chi connectivity index (χ1n) is 8.96. The predicted molar refractivity (Wildman–Crippen MR) is 111 cm³/mol. The molecule has 2 heterocycles. The number of benzene rings is 3. The van der Waals surface area contributed by atoms with Crippen LogP contribution < -0.4 is 11.3 Å². The molecule has 0 saturated heterocycles. The Morgan fingerprint density at radius 1 is 0.929 bits per heavy atom. The van der Waals surface area contributed by atoms with E-state index in [2.05, 4.69) is 15.0 Å². The van der Waals surface area contributed by atoms with Crippen LogP contribution in [0, 0.1) is 0 Å². The Labute approximate surface area is 160 Å². The molecule has 3 N–H and O–H groups in total. The van der Waals surface area contributed by atoms with Crippen molar-refractivity contribution < 1.29 is 0 Å². The number of aromatic amines is 1. The first-order chi connectivity index (χ1) is 13.7. The first kappa shape index (κ1) is 16.3. The molecule has 6 nitrogen and oxygen atoms in total. The molecule has 5 aromatic rings. The van der Waals surface area contributed by atoms with Gasteiger partial charge < -0.3 is 10.7 Å². The molecule has 3 aromatic carbocycles. The standard InChI is InChI=1S/C22H17N5O/c23-22-25-19-9-7-16(11-20(19)26-22)15-6-8-18-17(10-15)21(28)27(13-24-18)12-14-4-2-1-3-5-14/h1-11,13H,12H2,(H3,23,25,26). The van der Waals surface area contributed by atoms with Crippen LogP contribution in [0.3, 0.4) is 0 Å². The zero-order valence-corrected chi connectivity index (χ0v) is 15.0. The van der Waals surface area contributed by atoms with E-state index in [0.29, 0.717) is 23.4 Å². The van der Waals surface area contributed by atoms with Gasteiger partial charge in [-0.1, -0.05) is 42.5 Å². The molecule has 0 fully saturated rings. The van der Waals surface area contributed by atoms with Crippen LogP contribution in [-0.4, -0.2) is 19.5 Å². The number of H-pyrrole nitrogens is 1. The van der Waals surface area contributed by atoms with Gasteiger partial charge in [0.2, 0.25) is 0 Å².